The lowest BCUT2D eigenvalue weighted by molar-refractivity contribution is -0.107. The number of nitrogens with zero attached hydrogens (tertiary/aromatic N) is 4. The fourth-order valence-corrected chi connectivity index (χ4v) is 4.03. The SMILES string of the molecule is CN1CCN(c2ccc(C(=O)Nc3[nH]nc4sc(N(N)C=O)cc34)cc2)CC1. The maximum atomic E-state index is 12.6. The van der Waals surface area contributed by atoms with E-state index >= 15 is 0 Å². The van der Waals surface area contributed by atoms with Crippen LogP contribution in [-0.4, -0.2) is 60.6 Å². The third-order valence-electron chi connectivity index (χ3n) is 4.84. The number of amides is 2. The summed E-state index contributed by atoms with van der Waals surface area (Å²) in [6.45, 7) is 4.03. The van der Waals surface area contributed by atoms with Gasteiger partial charge < -0.3 is 15.1 Å². The molecule has 0 spiro atoms. The van der Waals surface area contributed by atoms with Gasteiger partial charge in [-0.05, 0) is 37.4 Å². The number of piperazine rings is 1. The minimum atomic E-state index is -0.233. The number of H-pyrrole nitrogens is 1. The second kappa shape index (κ2) is 7.58. The molecule has 3 aromatic rings. The quantitative estimate of drug-likeness (QED) is 0.259. The van der Waals surface area contributed by atoms with Crippen molar-refractivity contribution in [2.75, 3.05) is 48.5 Å². The summed E-state index contributed by atoms with van der Waals surface area (Å²) in [6, 6.07) is 9.31. The van der Waals surface area contributed by atoms with Crippen LogP contribution in [0.4, 0.5) is 16.5 Å². The topological polar surface area (TPSA) is 111 Å². The van der Waals surface area contributed by atoms with Gasteiger partial charge in [0.15, 0.2) is 0 Å². The monoisotopic (exact) mass is 399 g/mol. The van der Waals surface area contributed by atoms with Crippen LogP contribution in [0.1, 0.15) is 10.4 Å². The van der Waals surface area contributed by atoms with Crippen molar-refractivity contribution in [3.8, 4) is 0 Å². The number of rotatable bonds is 5. The number of nitrogens with one attached hydrogen (secondary N) is 2. The molecular weight excluding hydrogens is 378 g/mol. The molecule has 3 heterocycles. The molecule has 1 aromatic carbocycles. The number of thiophene rings is 1. The fourth-order valence-electron chi connectivity index (χ4n) is 3.15. The highest BCUT2D eigenvalue weighted by molar-refractivity contribution is 7.22. The lowest BCUT2D eigenvalue weighted by Crippen LogP contribution is -2.44. The van der Waals surface area contributed by atoms with E-state index in [1.807, 2.05) is 24.3 Å². The molecule has 0 aliphatic carbocycles. The molecule has 1 aliphatic rings. The van der Waals surface area contributed by atoms with E-state index in [2.05, 4.69) is 32.4 Å². The number of hydrazine groups is 1. The highest BCUT2D eigenvalue weighted by Crippen LogP contribution is 2.33. The highest BCUT2D eigenvalue weighted by atomic mass is 32.1. The van der Waals surface area contributed by atoms with Gasteiger partial charge >= 0.3 is 0 Å². The molecule has 146 valence electrons. The van der Waals surface area contributed by atoms with Gasteiger partial charge in [0.05, 0.1) is 5.39 Å². The zero-order valence-electron chi connectivity index (χ0n) is 15.4. The maximum Gasteiger partial charge on any atom is 0.256 e. The fraction of sp³-hybridized carbons (Fsp3) is 0.278. The lowest BCUT2D eigenvalue weighted by atomic mass is 10.1. The summed E-state index contributed by atoms with van der Waals surface area (Å²) in [5.74, 6) is 5.83. The third-order valence-corrected chi connectivity index (χ3v) is 5.88. The largest absolute Gasteiger partial charge is 0.369 e. The zero-order chi connectivity index (χ0) is 19.7. The molecule has 0 unspecified atom stereocenters. The first-order valence-corrected chi connectivity index (χ1v) is 9.69. The molecule has 0 atom stereocenters. The number of hydrogen-bond acceptors (Lipinski definition) is 7. The second-order valence-corrected chi connectivity index (χ2v) is 7.72. The first-order valence-electron chi connectivity index (χ1n) is 8.87. The van der Waals surface area contributed by atoms with E-state index in [9.17, 15) is 9.59 Å². The molecule has 2 aromatic heterocycles. The standard InChI is InChI=1S/C18H21N7O2S/c1-23-6-8-24(9-7-23)13-4-2-12(3-5-13)17(27)20-16-14-10-15(25(19)11-26)28-18(14)22-21-16/h2-5,10-11H,6-9,19H2,1H3,(H2,20,21,22,27). The van der Waals surface area contributed by atoms with Crippen LogP contribution in [0.25, 0.3) is 10.2 Å². The molecule has 4 N–H and O–H groups in total. The van der Waals surface area contributed by atoms with Crippen molar-refractivity contribution in [2.45, 2.75) is 0 Å². The highest BCUT2D eigenvalue weighted by Gasteiger charge is 2.17. The molecule has 1 aliphatic heterocycles. The number of nitrogens with two attached hydrogens (primary N) is 1. The van der Waals surface area contributed by atoms with Crippen molar-refractivity contribution in [1.82, 2.24) is 15.1 Å². The third kappa shape index (κ3) is 3.57. The molecule has 0 bridgehead atoms. The van der Waals surface area contributed by atoms with Crippen molar-refractivity contribution in [3.05, 3.63) is 35.9 Å². The van der Waals surface area contributed by atoms with Gasteiger partial charge in [0.2, 0.25) is 6.41 Å². The number of likely N-dealkylation sites (N-methyl/N-ethyl adjacent to an activating group) is 1. The number of aromatic nitrogens is 2. The van der Waals surface area contributed by atoms with Gasteiger partial charge in [-0.3, -0.25) is 14.7 Å². The van der Waals surface area contributed by atoms with Crippen LogP contribution in [-0.2, 0) is 4.79 Å². The minimum absolute atomic E-state index is 0.233. The normalized spacial score (nSPS) is 15.0. The van der Waals surface area contributed by atoms with Gasteiger partial charge in [-0.15, -0.1) is 0 Å². The number of fused-ring (bicyclic) bond motifs is 1. The maximum absolute atomic E-state index is 12.6. The average molecular weight is 399 g/mol. The number of carbonyl (C=O) groups is 2. The number of benzene rings is 1. The van der Waals surface area contributed by atoms with Crippen molar-refractivity contribution < 1.29 is 9.59 Å². The molecule has 2 amide bonds. The van der Waals surface area contributed by atoms with E-state index in [-0.39, 0.29) is 5.91 Å². The van der Waals surface area contributed by atoms with Crippen LogP contribution in [0.3, 0.4) is 0 Å². The number of aromatic amines is 1. The molecule has 0 saturated carbocycles. The molecule has 4 rings (SSSR count). The summed E-state index contributed by atoms with van der Waals surface area (Å²) in [5.41, 5.74) is 1.68. The summed E-state index contributed by atoms with van der Waals surface area (Å²) < 4.78 is 0. The van der Waals surface area contributed by atoms with Crippen LogP contribution in [0.5, 0.6) is 0 Å². The van der Waals surface area contributed by atoms with Crippen LogP contribution in [0.2, 0.25) is 0 Å². The summed E-state index contributed by atoms with van der Waals surface area (Å²) in [6.07, 6.45) is 0.522. The van der Waals surface area contributed by atoms with Crippen molar-refractivity contribution >= 4 is 50.4 Å². The second-order valence-electron chi connectivity index (χ2n) is 6.71. The van der Waals surface area contributed by atoms with Crippen molar-refractivity contribution in [1.29, 1.82) is 0 Å². The predicted molar refractivity (Wildman–Crippen MR) is 111 cm³/mol. The van der Waals surface area contributed by atoms with Crippen LogP contribution >= 0.6 is 11.3 Å². The Morgan fingerprint density at radius 1 is 1.29 bits per heavy atom. The van der Waals surface area contributed by atoms with Crippen molar-refractivity contribution in [3.63, 3.8) is 0 Å². The van der Waals surface area contributed by atoms with Gasteiger partial charge in [0, 0.05) is 37.4 Å². The minimum Gasteiger partial charge on any atom is -0.369 e. The van der Waals surface area contributed by atoms with Gasteiger partial charge in [-0.1, -0.05) is 11.3 Å². The molecule has 28 heavy (non-hydrogen) atoms. The Morgan fingerprint density at radius 2 is 2.00 bits per heavy atom. The Morgan fingerprint density at radius 3 is 2.68 bits per heavy atom. The van der Waals surface area contributed by atoms with Crippen molar-refractivity contribution in [2.24, 2.45) is 5.84 Å². The molecule has 1 fully saturated rings. The van der Waals surface area contributed by atoms with Crippen LogP contribution in [0.15, 0.2) is 30.3 Å². The summed E-state index contributed by atoms with van der Waals surface area (Å²) in [5, 5.41) is 12.0. The molecule has 9 nitrogen and oxygen atoms in total. The molecule has 1 saturated heterocycles. The summed E-state index contributed by atoms with van der Waals surface area (Å²) in [7, 11) is 2.12. The van der Waals surface area contributed by atoms with Gasteiger partial charge in [0.1, 0.15) is 15.6 Å². The molecule has 0 radical (unpaired) electrons. The Balaban J connectivity index is 1.47. The molecule has 10 heteroatoms. The first-order chi connectivity index (χ1) is 13.5. The first kappa shape index (κ1) is 18.4. The predicted octanol–water partition coefficient (Wildman–Crippen LogP) is 1.46. The average Bonchev–Trinajstić information content (AvgIpc) is 3.30. The smallest absolute Gasteiger partial charge is 0.256 e. The number of carbonyl (C=O) groups excluding carboxylic acids is 2. The lowest BCUT2D eigenvalue weighted by Gasteiger charge is -2.34. The van der Waals surface area contributed by atoms with E-state index in [0.717, 1.165) is 36.9 Å². The van der Waals surface area contributed by atoms with E-state index < -0.39 is 0 Å². The Kier molecular flexibility index (Phi) is 4.99. The van der Waals surface area contributed by atoms with Crippen LogP contribution < -0.4 is 21.1 Å². The van der Waals surface area contributed by atoms with E-state index in [1.165, 1.54) is 11.3 Å². The van der Waals surface area contributed by atoms with Crippen LogP contribution in [0, 0.1) is 0 Å². The number of hydrogen-bond donors (Lipinski definition) is 3. The number of anilines is 3. The Labute approximate surface area is 165 Å². The van der Waals surface area contributed by atoms with Gasteiger partial charge in [-0.25, -0.2) is 10.9 Å². The van der Waals surface area contributed by atoms with E-state index in [4.69, 9.17) is 5.84 Å². The van der Waals surface area contributed by atoms with E-state index in [0.29, 0.717) is 33.0 Å². The summed E-state index contributed by atoms with van der Waals surface area (Å²) in [4.78, 5) is 28.7. The summed E-state index contributed by atoms with van der Waals surface area (Å²) >= 11 is 1.26. The van der Waals surface area contributed by atoms with E-state index in [1.54, 1.807) is 6.07 Å². The zero-order valence-corrected chi connectivity index (χ0v) is 16.2. The molecular formula is C18H21N7O2S. The van der Waals surface area contributed by atoms with Gasteiger partial charge in [-0.2, -0.15) is 5.10 Å². The Hall–Kier alpha value is -2.95. The Bertz CT molecular complexity index is 989. The van der Waals surface area contributed by atoms with Gasteiger partial charge in [0.25, 0.3) is 5.91 Å².